The van der Waals surface area contributed by atoms with Crippen LogP contribution in [0.15, 0.2) is 54.7 Å². The molecule has 0 aliphatic carbocycles. The summed E-state index contributed by atoms with van der Waals surface area (Å²) < 4.78 is 40.4. The molecule has 0 atom stereocenters. The van der Waals surface area contributed by atoms with Crippen molar-refractivity contribution in [2.75, 3.05) is 5.32 Å². The van der Waals surface area contributed by atoms with Crippen molar-refractivity contribution in [1.82, 2.24) is 15.3 Å². The lowest BCUT2D eigenvalue weighted by Gasteiger charge is -2.14. The third kappa shape index (κ3) is 5.36. The van der Waals surface area contributed by atoms with Crippen molar-refractivity contribution in [2.45, 2.75) is 12.7 Å². The van der Waals surface area contributed by atoms with E-state index in [9.17, 15) is 18.0 Å². The molecule has 3 aromatic rings. The molecule has 0 saturated carbocycles. The van der Waals surface area contributed by atoms with Crippen molar-refractivity contribution in [3.63, 3.8) is 0 Å². The van der Waals surface area contributed by atoms with Gasteiger partial charge in [0.1, 0.15) is 0 Å². The molecule has 1 aromatic heterocycles. The number of hydrogen-bond acceptors (Lipinski definition) is 4. The topological polar surface area (TPSA) is 66.9 Å². The number of halogens is 5. The minimum Gasteiger partial charge on any atom is -0.348 e. The van der Waals surface area contributed by atoms with E-state index in [1.54, 1.807) is 30.3 Å². The fourth-order valence-corrected chi connectivity index (χ4v) is 2.86. The third-order valence-corrected chi connectivity index (χ3v) is 4.32. The average molecular weight is 441 g/mol. The summed E-state index contributed by atoms with van der Waals surface area (Å²) in [6.45, 7) is 0.0668. The Balaban J connectivity index is 1.85. The first-order valence-electron chi connectivity index (χ1n) is 8.22. The van der Waals surface area contributed by atoms with Crippen LogP contribution in [0.2, 0.25) is 10.0 Å². The molecule has 5 nitrogen and oxygen atoms in total. The molecular weight excluding hydrogens is 428 g/mol. The number of hydrogen-bond donors (Lipinski definition) is 2. The Bertz CT molecular complexity index is 1030. The van der Waals surface area contributed by atoms with Gasteiger partial charge in [0.25, 0.3) is 5.91 Å². The first kappa shape index (κ1) is 20.9. The van der Waals surface area contributed by atoms with Crippen LogP contribution < -0.4 is 10.6 Å². The second-order valence-corrected chi connectivity index (χ2v) is 6.71. The van der Waals surface area contributed by atoms with Gasteiger partial charge in [-0.15, -0.1) is 0 Å². The number of aromatic nitrogens is 2. The highest BCUT2D eigenvalue weighted by molar-refractivity contribution is 6.36. The smallest absolute Gasteiger partial charge is 0.348 e. The van der Waals surface area contributed by atoms with Gasteiger partial charge in [0.15, 0.2) is 5.69 Å². The van der Waals surface area contributed by atoms with E-state index in [1.807, 2.05) is 0 Å². The Labute approximate surface area is 173 Å². The number of nitrogens with one attached hydrogen (secondary N) is 2. The summed E-state index contributed by atoms with van der Waals surface area (Å²) in [7, 11) is 0. The van der Waals surface area contributed by atoms with Gasteiger partial charge in [0.2, 0.25) is 5.95 Å². The third-order valence-electron chi connectivity index (χ3n) is 3.78. The zero-order chi connectivity index (χ0) is 21.0. The molecule has 0 saturated heterocycles. The highest BCUT2D eigenvalue weighted by Crippen LogP contribution is 2.32. The van der Waals surface area contributed by atoms with Gasteiger partial charge in [0, 0.05) is 17.8 Å². The Morgan fingerprint density at radius 1 is 1.07 bits per heavy atom. The number of amides is 1. The fraction of sp³-hybridized carbons (Fsp3) is 0.105. The molecule has 0 spiro atoms. The molecule has 29 heavy (non-hydrogen) atoms. The molecule has 1 heterocycles. The van der Waals surface area contributed by atoms with E-state index < -0.39 is 23.3 Å². The second-order valence-electron chi connectivity index (χ2n) is 5.87. The normalized spacial score (nSPS) is 11.2. The lowest BCUT2D eigenvalue weighted by Crippen LogP contribution is -2.27. The Morgan fingerprint density at radius 2 is 1.79 bits per heavy atom. The van der Waals surface area contributed by atoms with Crippen LogP contribution in [0.5, 0.6) is 0 Å². The number of alkyl halides is 3. The SMILES string of the molecule is O=C(NCc1ccccc1)c1cnc(Nc2ccc(Cl)cc2Cl)nc1C(F)(F)F. The predicted octanol–water partition coefficient (Wildman–Crippen LogP) is 5.48. The molecule has 0 fully saturated rings. The van der Waals surface area contributed by atoms with Crippen LogP contribution in [0.25, 0.3) is 0 Å². The molecular formula is C19H13Cl2F3N4O. The van der Waals surface area contributed by atoms with Crippen LogP contribution >= 0.6 is 23.2 Å². The Morgan fingerprint density at radius 3 is 2.45 bits per heavy atom. The molecule has 0 aliphatic rings. The van der Waals surface area contributed by atoms with E-state index in [0.717, 1.165) is 11.8 Å². The van der Waals surface area contributed by atoms with Crippen LogP contribution in [0.3, 0.4) is 0 Å². The number of nitrogens with zero attached hydrogens (tertiary/aromatic N) is 2. The highest BCUT2D eigenvalue weighted by Gasteiger charge is 2.38. The van der Waals surface area contributed by atoms with E-state index in [0.29, 0.717) is 5.02 Å². The van der Waals surface area contributed by atoms with Gasteiger partial charge in [-0.2, -0.15) is 13.2 Å². The molecule has 3 rings (SSSR count). The van der Waals surface area contributed by atoms with Crippen molar-refractivity contribution < 1.29 is 18.0 Å². The number of rotatable bonds is 5. The number of anilines is 2. The molecule has 2 aromatic carbocycles. The molecule has 0 bridgehead atoms. The van der Waals surface area contributed by atoms with Gasteiger partial charge in [-0.05, 0) is 23.8 Å². The predicted molar refractivity (Wildman–Crippen MR) is 104 cm³/mol. The zero-order valence-electron chi connectivity index (χ0n) is 14.6. The molecule has 0 unspecified atom stereocenters. The first-order chi connectivity index (χ1) is 13.7. The highest BCUT2D eigenvalue weighted by atomic mass is 35.5. The molecule has 150 valence electrons. The monoisotopic (exact) mass is 440 g/mol. The summed E-state index contributed by atoms with van der Waals surface area (Å²) in [6, 6.07) is 13.2. The minimum atomic E-state index is -4.86. The Kier molecular flexibility index (Phi) is 6.24. The molecule has 2 N–H and O–H groups in total. The van der Waals surface area contributed by atoms with Gasteiger partial charge in [-0.1, -0.05) is 53.5 Å². The van der Waals surface area contributed by atoms with Gasteiger partial charge < -0.3 is 10.6 Å². The van der Waals surface area contributed by atoms with Crippen LogP contribution in [-0.2, 0) is 12.7 Å². The van der Waals surface area contributed by atoms with E-state index in [-0.39, 0.29) is 23.2 Å². The van der Waals surface area contributed by atoms with E-state index in [2.05, 4.69) is 20.6 Å². The van der Waals surface area contributed by atoms with Crippen LogP contribution in [0, 0.1) is 0 Å². The van der Waals surface area contributed by atoms with Gasteiger partial charge in [-0.3, -0.25) is 4.79 Å². The lowest BCUT2D eigenvalue weighted by molar-refractivity contribution is -0.141. The van der Waals surface area contributed by atoms with Crippen LogP contribution in [0.4, 0.5) is 24.8 Å². The van der Waals surface area contributed by atoms with Crippen LogP contribution in [0.1, 0.15) is 21.6 Å². The average Bonchev–Trinajstić information content (AvgIpc) is 2.68. The lowest BCUT2D eigenvalue weighted by atomic mass is 10.2. The molecule has 0 aliphatic heterocycles. The summed E-state index contributed by atoms with van der Waals surface area (Å²) in [6.07, 6.45) is -4.04. The van der Waals surface area contributed by atoms with E-state index in [4.69, 9.17) is 23.2 Å². The van der Waals surface area contributed by atoms with Crippen molar-refractivity contribution in [1.29, 1.82) is 0 Å². The Hall–Kier alpha value is -2.84. The van der Waals surface area contributed by atoms with Gasteiger partial charge in [-0.25, -0.2) is 9.97 Å². The quantitative estimate of drug-likeness (QED) is 0.551. The summed E-state index contributed by atoms with van der Waals surface area (Å²) in [5.41, 5.74) is -1.02. The van der Waals surface area contributed by atoms with Crippen molar-refractivity contribution in [3.05, 3.63) is 81.6 Å². The summed E-state index contributed by atoms with van der Waals surface area (Å²) >= 11 is 11.8. The summed E-state index contributed by atoms with van der Waals surface area (Å²) in [5, 5.41) is 5.57. The maximum absolute atomic E-state index is 13.5. The zero-order valence-corrected chi connectivity index (χ0v) is 16.1. The van der Waals surface area contributed by atoms with Crippen molar-refractivity contribution in [3.8, 4) is 0 Å². The summed E-state index contributed by atoms with van der Waals surface area (Å²) in [5.74, 6) is -1.29. The van der Waals surface area contributed by atoms with E-state index >= 15 is 0 Å². The van der Waals surface area contributed by atoms with Gasteiger partial charge in [0.05, 0.1) is 16.3 Å². The minimum absolute atomic E-state index is 0.0668. The van der Waals surface area contributed by atoms with E-state index in [1.165, 1.54) is 18.2 Å². The van der Waals surface area contributed by atoms with Crippen molar-refractivity contribution >= 4 is 40.7 Å². The first-order valence-corrected chi connectivity index (χ1v) is 8.98. The number of carbonyl (C=O) groups is 1. The molecule has 10 heteroatoms. The molecule has 1 amide bonds. The van der Waals surface area contributed by atoms with Crippen LogP contribution in [-0.4, -0.2) is 15.9 Å². The summed E-state index contributed by atoms with van der Waals surface area (Å²) in [4.78, 5) is 19.6. The largest absolute Gasteiger partial charge is 0.434 e. The second kappa shape index (κ2) is 8.67. The maximum Gasteiger partial charge on any atom is 0.434 e. The van der Waals surface area contributed by atoms with Crippen molar-refractivity contribution in [2.24, 2.45) is 0 Å². The maximum atomic E-state index is 13.5. The standard InChI is InChI=1S/C19H13Cl2F3N4O/c20-12-6-7-15(14(21)8-12)27-18-26-10-13(16(28-18)19(22,23)24)17(29)25-9-11-4-2-1-3-5-11/h1-8,10H,9H2,(H,25,29)(H,26,27,28). The number of benzene rings is 2. The fourth-order valence-electron chi connectivity index (χ4n) is 2.41. The number of carbonyl (C=O) groups excluding carboxylic acids is 1. The van der Waals surface area contributed by atoms with Gasteiger partial charge >= 0.3 is 6.18 Å². The molecule has 0 radical (unpaired) electrons.